The Hall–Kier alpha value is -3.15. The van der Waals surface area contributed by atoms with Crippen LogP contribution in [0.1, 0.15) is 50.6 Å². The Morgan fingerprint density at radius 2 is 1.93 bits per heavy atom. The Morgan fingerprint density at radius 3 is 2.67 bits per heavy atom. The molecule has 1 aliphatic carbocycles. The van der Waals surface area contributed by atoms with Crippen LogP contribution in [0.5, 0.6) is 0 Å². The lowest BCUT2D eigenvalue weighted by Gasteiger charge is -2.11. The van der Waals surface area contributed by atoms with E-state index in [0.29, 0.717) is 41.3 Å². The van der Waals surface area contributed by atoms with Gasteiger partial charge in [0.05, 0.1) is 16.8 Å². The maximum atomic E-state index is 13.0. The van der Waals surface area contributed by atoms with Gasteiger partial charge in [-0.2, -0.15) is 5.10 Å². The number of hydrogen-bond acceptors (Lipinski definition) is 4. The summed E-state index contributed by atoms with van der Waals surface area (Å²) in [5.41, 5.74) is 3.46. The van der Waals surface area contributed by atoms with Gasteiger partial charge in [-0.15, -0.1) is 0 Å². The molecule has 6 heteroatoms. The van der Waals surface area contributed by atoms with Gasteiger partial charge in [0.15, 0.2) is 5.78 Å². The second-order valence-electron chi connectivity index (χ2n) is 6.87. The fraction of sp³-hybridized carbons (Fsp3) is 0.286. The van der Waals surface area contributed by atoms with E-state index < -0.39 is 0 Å². The molecule has 0 saturated heterocycles. The number of furan rings is 1. The van der Waals surface area contributed by atoms with Gasteiger partial charge in [-0.3, -0.25) is 14.3 Å². The van der Waals surface area contributed by atoms with E-state index in [0.717, 1.165) is 23.2 Å². The average Bonchev–Trinajstić information content (AvgIpc) is 3.14. The normalized spacial score (nSPS) is 13.5. The summed E-state index contributed by atoms with van der Waals surface area (Å²) in [6.45, 7) is 3.65. The summed E-state index contributed by atoms with van der Waals surface area (Å²) in [5.74, 6) is 1.36. The van der Waals surface area contributed by atoms with Crippen molar-refractivity contribution in [2.45, 2.75) is 33.1 Å². The number of aryl methyl sites for hydroxylation is 3. The van der Waals surface area contributed by atoms with Crippen LogP contribution in [0.4, 0.5) is 5.82 Å². The standard InChI is InChI=1S/C21H21N3O3/c1-12-19(14-8-5-4-6-9-14)23-24(3)20(12)22-21(26)17-13(2)27-16-11-7-10-15(25)18(16)17/h4-6,8-9H,7,10-11H2,1-3H3,(H,22,26). The first kappa shape index (κ1) is 17.3. The molecule has 0 spiro atoms. The number of nitrogens with zero attached hydrogens (tertiary/aromatic N) is 2. The average molecular weight is 363 g/mol. The number of amides is 1. The van der Waals surface area contributed by atoms with Crippen LogP contribution in [-0.4, -0.2) is 21.5 Å². The summed E-state index contributed by atoms with van der Waals surface area (Å²) in [7, 11) is 1.79. The second kappa shape index (κ2) is 6.54. The third kappa shape index (κ3) is 2.87. The van der Waals surface area contributed by atoms with Crippen molar-refractivity contribution < 1.29 is 14.0 Å². The maximum Gasteiger partial charge on any atom is 0.261 e. The number of benzene rings is 1. The van der Waals surface area contributed by atoms with Gasteiger partial charge in [0, 0.05) is 31.0 Å². The Labute approximate surface area is 157 Å². The first-order valence-corrected chi connectivity index (χ1v) is 9.03. The number of ketones is 1. The highest BCUT2D eigenvalue weighted by Gasteiger charge is 2.31. The smallest absolute Gasteiger partial charge is 0.261 e. The van der Waals surface area contributed by atoms with Crippen molar-refractivity contribution >= 4 is 17.5 Å². The van der Waals surface area contributed by atoms with Crippen molar-refractivity contribution in [3.63, 3.8) is 0 Å². The topological polar surface area (TPSA) is 77.1 Å². The summed E-state index contributed by atoms with van der Waals surface area (Å²) in [5, 5.41) is 7.48. The highest BCUT2D eigenvalue weighted by atomic mass is 16.3. The molecule has 1 aromatic carbocycles. The molecule has 1 aliphatic rings. The zero-order chi connectivity index (χ0) is 19.1. The summed E-state index contributed by atoms with van der Waals surface area (Å²) >= 11 is 0. The van der Waals surface area contributed by atoms with Gasteiger partial charge < -0.3 is 9.73 Å². The molecule has 0 radical (unpaired) electrons. The fourth-order valence-corrected chi connectivity index (χ4v) is 3.73. The molecule has 3 aromatic rings. The van der Waals surface area contributed by atoms with Crippen molar-refractivity contribution in [2.24, 2.45) is 7.05 Å². The number of Topliss-reactive ketones (excluding diaryl/α,β-unsaturated/α-hetero) is 1. The van der Waals surface area contributed by atoms with Crippen molar-refractivity contribution in [2.75, 3.05) is 5.32 Å². The van der Waals surface area contributed by atoms with Gasteiger partial charge >= 0.3 is 0 Å². The molecule has 6 nitrogen and oxygen atoms in total. The molecule has 0 saturated carbocycles. The molecule has 27 heavy (non-hydrogen) atoms. The number of anilines is 1. The van der Waals surface area contributed by atoms with Gasteiger partial charge in [-0.05, 0) is 20.3 Å². The molecular weight excluding hydrogens is 342 g/mol. The van der Waals surface area contributed by atoms with Crippen LogP contribution in [0, 0.1) is 13.8 Å². The fourth-order valence-electron chi connectivity index (χ4n) is 3.73. The van der Waals surface area contributed by atoms with Gasteiger partial charge in [-0.25, -0.2) is 0 Å². The molecule has 0 aliphatic heterocycles. The van der Waals surface area contributed by atoms with E-state index >= 15 is 0 Å². The summed E-state index contributed by atoms with van der Waals surface area (Å²) in [6.07, 6.45) is 1.91. The molecule has 138 valence electrons. The van der Waals surface area contributed by atoms with E-state index in [1.54, 1.807) is 18.7 Å². The summed E-state index contributed by atoms with van der Waals surface area (Å²) in [4.78, 5) is 25.3. The Bertz CT molecular complexity index is 1040. The lowest BCUT2D eigenvalue weighted by atomic mass is 9.93. The highest BCUT2D eigenvalue weighted by molar-refractivity contribution is 6.14. The van der Waals surface area contributed by atoms with Gasteiger partial charge in [-0.1, -0.05) is 30.3 Å². The number of rotatable bonds is 3. The monoisotopic (exact) mass is 363 g/mol. The number of carbonyl (C=O) groups is 2. The third-order valence-electron chi connectivity index (χ3n) is 5.03. The van der Waals surface area contributed by atoms with Crippen molar-refractivity contribution in [1.82, 2.24) is 9.78 Å². The first-order chi connectivity index (χ1) is 13.0. The van der Waals surface area contributed by atoms with E-state index in [9.17, 15) is 9.59 Å². The largest absolute Gasteiger partial charge is 0.465 e. The number of fused-ring (bicyclic) bond motifs is 1. The predicted octanol–water partition coefficient (Wildman–Crippen LogP) is 4.07. The predicted molar refractivity (Wildman–Crippen MR) is 102 cm³/mol. The zero-order valence-electron chi connectivity index (χ0n) is 15.6. The quantitative estimate of drug-likeness (QED) is 0.761. The lowest BCUT2D eigenvalue weighted by molar-refractivity contribution is 0.0955. The Kier molecular flexibility index (Phi) is 4.18. The summed E-state index contributed by atoms with van der Waals surface area (Å²) in [6, 6.07) is 9.82. The Balaban J connectivity index is 1.70. The minimum atomic E-state index is -0.335. The molecule has 4 rings (SSSR count). The van der Waals surface area contributed by atoms with E-state index in [1.807, 2.05) is 37.3 Å². The van der Waals surface area contributed by atoms with E-state index in [-0.39, 0.29) is 11.7 Å². The molecule has 2 heterocycles. The minimum absolute atomic E-state index is 0.0232. The SMILES string of the molecule is Cc1oc2c(c1C(=O)Nc1c(C)c(-c3ccccc3)nn1C)C(=O)CCC2. The van der Waals surface area contributed by atoms with Gasteiger partial charge in [0.2, 0.25) is 0 Å². The van der Waals surface area contributed by atoms with Crippen molar-refractivity contribution in [3.8, 4) is 11.3 Å². The molecular formula is C21H21N3O3. The van der Waals surface area contributed by atoms with Crippen LogP contribution in [0.25, 0.3) is 11.3 Å². The van der Waals surface area contributed by atoms with E-state index in [1.165, 1.54) is 0 Å². The highest BCUT2D eigenvalue weighted by Crippen LogP contribution is 2.32. The van der Waals surface area contributed by atoms with Crippen LogP contribution in [0.3, 0.4) is 0 Å². The molecule has 0 bridgehead atoms. The maximum absolute atomic E-state index is 13.0. The molecule has 1 N–H and O–H groups in total. The van der Waals surface area contributed by atoms with E-state index in [2.05, 4.69) is 10.4 Å². The van der Waals surface area contributed by atoms with Crippen molar-refractivity contribution in [3.05, 3.63) is 58.5 Å². The Morgan fingerprint density at radius 1 is 1.19 bits per heavy atom. The molecule has 1 amide bonds. The lowest BCUT2D eigenvalue weighted by Crippen LogP contribution is -2.20. The summed E-state index contributed by atoms with van der Waals surface area (Å²) < 4.78 is 7.35. The number of hydrogen-bond donors (Lipinski definition) is 1. The van der Waals surface area contributed by atoms with Crippen LogP contribution in [0.15, 0.2) is 34.7 Å². The van der Waals surface area contributed by atoms with Crippen molar-refractivity contribution in [1.29, 1.82) is 0 Å². The van der Waals surface area contributed by atoms with Gasteiger partial charge in [0.25, 0.3) is 5.91 Å². The zero-order valence-corrected chi connectivity index (χ0v) is 15.6. The van der Waals surface area contributed by atoms with Crippen LogP contribution in [0.2, 0.25) is 0 Å². The number of aromatic nitrogens is 2. The number of nitrogens with one attached hydrogen (secondary N) is 1. The van der Waals surface area contributed by atoms with Gasteiger partial charge in [0.1, 0.15) is 17.3 Å². The molecule has 2 aromatic heterocycles. The third-order valence-corrected chi connectivity index (χ3v) is 5.03. The van der Waals surface area contributed by atoms with E-state index in [4.69, 9.17) is 4.42 Å². The van der Waals surface area contributed by atoms with Crippen LogP contribution < -0.4 is 5.32 Å². The molecule has 0 unspecified atom stereocenters. The number of carbonyl (C=O) groups excluding carboxylic acids is 2. The molecule has 0 atom stereocenters. The minimum Gasteiger partial charge on any atom is -0.465 e. The second-order valence-corrected chi connectivity index (χ2v) is 6.87. The first-order valence-electron chi connectivity index (χ1n) is 9.03. The van der Waals surface area contributed by atoms with Crippen LogP contribution >= 0.6 is 0 Å². The molecule has 0 fully saturated rings. The van der Waals surface area contributed by atoms with Crippen LogP contribution in [-0.2, 0) is 13.5 Å².